The lowest BCUT2D eigenvalue weighted by atomic mass is 10.0. The highest BCUT2D eigenvalue weighted by atomic mass is 32.2. The van der Waals surface area contributed by atoms with Crippen molar-refractivity contribution in [2.45, 2.75) is 42.4 Å². The zero-order chi connectivity index (χ0) is 17.1. The van der Waals surface area contributed by atoms with Gasteiger partial charge in [-0.15, -0.1) is 0 Å². The molecule has 2 heterocycles. The van der Waals surface area contributed by atoms with Crippen LogP contribution >= 0.6 is 11.8 Å². The summed E-state index contributed by atoms with van der Waals surface area (Å²) in [6.07, 6.45) is 5.48. The van der Waals surface area contributed by atoms with Crippen LogP contribution in [0.4, 0.5) is 11.4 Å². The molecule has 4 rings (SSSR count). The number of nitrogens with zero attached hydrogens (tertiary/aromatic N) is 2. The SMILES string of the molecule is CC(CCN1CCCCC1)CN1c2ccccc2Sc2ccccc21. The van der Waals surface area contributed by atoms with Gasteiger partial charge in [0.15, 0.2) is 0 Å². The van der Waals surface area contributed by atoms with Crippen LogP contribution in [0.1, 0.15) is 32.6 Å². The van der Waals surface area contributed by atoms with Gasteiger partial charge < -0.3 is 9.80 Å². The van der Waals surface area contributed by atoms with Crippen molar-refractivity contribution in [3.8, 4) is 0 Å². The van der Waals surface area contributed by atoms with Gasteiger partial charge in [0.25, 0.3) is 0 Å². The Morgan fingerprint density at radius 2 is 1.48 bits per heavy atom. The molecular formula is C22H28N2S. The average molecular weight is 353 g/mol. The van der Waals surface area contributed by atoms with Crippen molar-refractivity contribution in [1.82, 2.24) is 4.90 Å². The van der Waals surface area contributed by atoms with Crippen LogP contribution in [-0.2, 0) is 0 Å². The van der Waals surface area contributed by atoms with Gasteiger partial charge in [-0.3, -0.25) is 0 Å². The molecule has 1 saturated heterocycles. The second-order valence-electron chi connectivity index (χ2n) is 7.44. The van der Waals surface area contributed by atoms with Crippen molar-refractivity contribution in [1.29, 1.82) is 0 Å². The molecule has 0 aromatic heterocycles. The van der Waals surface area contributed by atoms with E-state index in [1.54, 1.807) is 0 Å². The lowest BCUT2D eigenvalue weighted by Gasteiger charge is -2.35. The van der Waals surface area contributed by atoms with E-state index in [0.29, 0.717) is 5.92 Å². The average Bonchev–Trinajstić information content (AvgIpc) is 2.67. The summed E-state index contributed by atoms with van der Waals surface area (Å²) in [6.45, 7) is 7.38. The molecule has 0 aliphatic carbocycles. The third kappa shape index (κ3) is 3.88. The van der Waals surface area contributed by atoms with Crippen molar-refractivity contribution < 1.29 is 0 Å². The summed E-state index contributed by atoms with van der Waals surface area (Å²) in [4.78, 5) is 7.96. The Morgan fingerprint density at radius 1 is 0.880 bits per heavy atom. The first-order chi connectivity index (χ1) is 12.3. The molecule has 1 atom stereocenters. The predicted molar refractivity (Wildman–Crippen MR) is 108 cm³/mol. The molecule has 2 aromatic carbocycles. The van der Waals surface area contributed by atoms with Crippen molar-refractivity contribution in [3.63, 3.8) is 0 Å². The summed E-state index contributed by atoms with van der Waals surface area (Å²) in [7, 11) is 0. The Kier molecular flexibility index (Phi) is 5.33. The zero-order valence-corrected chi connectivity index (χ0v) is 16.0. The van der Waals surface area contributed by atoms with E-state index in [2.05, 4.69) is 65.3 Å². The molecule has 1 fully saturated rings. The third-order valence-corrected chi connectivity index (χ3v) is 6.54. The van der Waals surface area contributed by atoms with Crippen LogP contribution in [0.25, 0.3) is 0 Å². The summed E-state index contributed by atoms with van der Waals surface area (Å²) in [5.41, 5.74) is 2.74. The van der Waals surface area contributed by atoms with Crippen LogP contribution in [0.15, 0.2) is 58.3 Å². The molecule has 25 heavy (non-hydrogen) atoms. The van der Waals surface area contributed by atoms with Crippen LogP contribution in [-0.4, -0.2) is 31.1 Å². The largest absolute Gasteiger partial charge is 0.339 e. The molecule has 0 amide bonds. The highest BCUT2D eigenvalue weighted by molar-refractivity contribution is 7.99. The first-order valence-corrected chi connectivity index (χ1v) is 10.5. The number of para-hydroxylation sites is 2. The third-order valence-electron chi connectivity index (χ3n) is 5.41. The molecule has 1 unspecified atom stereocenters. The molecule has 0 N–H and O–H groups in total. The van der Waals surface area contributed by atoms with Crippen molar-refractivity contribution >= 4 is 23.1 Å². The molecule has 2 aliphatic heterocycles. The zero-order valence-electron chi connectivity index (χ0n) is 15.2. The fourth-order valence-corrected chi connectivity index (χ4v) is 5.06. The number of hydrogen-bond acceptors (Lipinski definition) is 3. The molecular weight excluding hydrogens is 324 g/mol. The number of piperidine rings is 1. The maximum atomic E-state index is 2.66. The Bertz CT molecular complexity index is 663. The quantitative estimate of drug-likeness (QED) is 0.671. The predicted octanol–water partition coefficient (Wildman–Crippen LogP) is 5.80. The maximum Gasteiger partial charge on any atom is 0.0552 e. The van der Waals surface area contributed by atoms with Crippen molar-refractivity contribution in [2.24, 2.45) is 5.92 Å². The van der Waals surface area contributed by atoms with Gasteiger partial charge in [-0.1, -0.05) is 49.4 Å². The number of fused-ring (bicyclic) bond motifs is 2. The van der Waals surface area contributed by atoms with E-state index in [0.717, 1.165) is 6.54 Å². The first-order valence-electron chi connectivity index (χ1n) is 9.67. The second kappa shape index (κ2) is 7.84. The first kappa shape index (κ1) is 17.0. The molecule has 0 spiro atoms. The van der Waals surface area contributed by atoms with Crippen molar-refractivity contribution in [3.05, 3.63) is 48.5 Å². The van der Waals surface area contributed by atoms with Crippen LogP contribution in [0.2, 0.25) is 0 Å². The van der Waals surface area contributed by atoms with Gasteiger partial charge in [0.2, 0.25) is 0 Å². The number of anilines is 2. The van der Waals surface area contributed by atoms with Crippen LogP contribution in [0.5, 0.6) is 0 Å². The number of benzene rings is 2. The molecule has 0 bridgehead atoms. The van der Waals surface area contributed by atoms with Crippen LogP contribution < -0.4 is 4.90 Å². The molecule has 0 saturated carbocycles. The van der Waals surface area contributed by atoms with E-state index >= 15 is 0 Å². The van der Waals surface area contributed by atoms with Crippen LogP contribution in [0.3, 0.4) is 0 Å². The van der Waals surface area contributed by atoms with Gasteiger partial charge in [-0.25, -0.2) is 0 Å². The molecule has 0 radical (unpaired) electrons. The molecule has 2 aliphatic rings. The van der Waals surface area contributed by atoms with Crippen molar-refractivity contribution in [2.75, 3.05) is 31.1 Å². The van der Waals surface area contributed by atoms with E-state index in [1.165, 1.54) is 66.5 Å². The highest BCUT2D eigenvalue weighted by Gasteiger charge is 2.24. The number of likely N-dealkylation sites (tertiary alicyclic amines) is 1. The van der Waals surface area contributed by atoms with E-state index in [-0.39, 0.29) is 0 Å². The summed E-state index contributed by atoms with van der Waals surface area (Å²) < 4.78 is 0. The van der Waals surface area contributed by atoms with E-state index in [4.69, 9.17) is 0 Å². The van der Waals surface area contributed by atoms with Gasteiger partial charge in [0.05, 0.1) is 11.4 Å². The normalized spacial score (nSPS) is 18.5. The molecule has 2 nitrogen and oxygen atoms in total. The minimum atomic E-state index is 0.686. The summed E-state index contributed by atoms with van der Waals surface area (Å²) >= 11 is 1.90. The van der Waals surface area contributed by atoms with E-state index in [1.807, 2.05) is 11.8 Å². The van der Waals surface area contributed by atoms with Gasteiger partial charge in [-0.2, -0.15) is 0 Å². The molecule has 132 valence electrons. The maximum absolute atomic E-state index is 2.66. The number of rotatable bonds is 5. The summed E-state index contributed by atoms with van der Waals surface area (Å²) in [6, 6.07) is 17.7. The fourth-order valence-electron chi connectivity index (χ4n) is 3.97. The Balaban J connectivity index is 1.47. The topological polar surface area (TPSA) is 6.48 Å². The minimum Gasteiger partial charge on any atom is -0.339 e. The van der Waals surface area contributed by atoms with Gasteiger partial charge in [0, 0.05) is 16.3 Å². The van der Waals surface area contributed by atoms with Gasteiger partial charge >= 0.3 is 0 Å². The standard InChI is InChI=1S/C22H28N2S/c1-18(13-16-23-14-7-2-8-15-23)17-24-19-9-3-5-11-21(19)25-22-12-6-4-10-20(22)24/h3-6,9-12,18H,2,7-8,13-17H2,1H3. The molecule has 2 aromatic rings. The number of hydrogen-bond donors (Lipinski definition) is 0. The van der Waals surface area contributed by atoms with Gasteiger partial charge in [-0.05, 0) is 69.1 Å². The smallest absolute Gasteiger partial charge is 0.0552 e. The lowest BCUT2D eigenvalue weighted by Crippen LogP contribution is -2.33. The lowest BCUT2D eigenvalue weighted by molar-refractivity contribution is 0.216. The highest BCUT2D eigenvalue weighted by Crippen LogP contribution is 2.48. The molecule has 3 heteroatoms. The Hall–Kier alpha value is -1.45. The second-order valence-corrected chi connectivity index (χ2v) is 8.53. The summed E-state index contributed by atoms with van der Waals surface area (Å²) in [5, 5.41) is 0. The van der Waals surface area contributed by atoms with E-state index in [9.17, 15) is 0 Å². The van der Waals surface area contributed by atoms with Crippen LogP contribution in [0, 0.1) is 5.92 Å². The monoisotopic (exact) mass is 352 g/mol. The Morgan fingerprint density at radius 3 is 2.12 bits per heavy atom. The summed E-state index contributed by atoms with van der Waals surface area (Å²) in [5.74, 6) is 0.686. The van der Waals surface area contributed by atoms with Gasteiger partial charge in [0.1, 0.15) is 0 Å². The van der Waals surface area contributed by atoms with E-state index < -0.39 is 0 Å². The Labute approximate surface area is 156 Å². The fraction of sp³-hybridized carbons (Fsp3) is 0.455. The minimum absolute atomic E-state index is 0.686.